The smallest absolute Gasteiger partial charge is 0.325 e. The zero-order valence-corrected chi connectivity index (χ0v) is 17.4. The Bertz CT molecular complexity index is 943. The number of hydrogen-bond acceptors (Lipinski definition) is 3. The van der Waals surface area contributed by atoms with E-state index in [-0.39, 0.29) is 19.0 Å². The van der Waals surface area contributed by atoms with E-state index in [1.807, 2.05) is 31.2 Å². The number of urea groups is 1. The Morgan fingerprint density at radius 3 is 2.30 bits per heavy atom. The first kappa shape index (κ1) is 21.5. The summed E-state index contributed by atoms with van der Waals surface area (Å²) in [4.78, 5) is 39.0. The van der Waals surface area contributed by atoms with Crippen LogP contribution in [0, 0.1) is 5.82 Å². The molecule has 2 aromatic rings. The molecule has 6 nitrogen and oxygen atoms in total. The minimum absolute atomic E-state index is 0.266. The van der Waals surface area contributed by atoms with Gasteiger partial charge in [0.15, 0.2) is 0 Å². The fourth-order valence-electron chi connectivity index (χ4n) is 3.70. The zero-order valence-electron chi connectivity index (χ0n) is 17.4. The summed E-state index contributed by atoms with van der Waals surface area (Å²) < 4.78 is 13.3. The highest BCUT2D eigenvalue weighted by Crippen LogP contribution is 2.32. The molecule has 7 heteroatoms. The van der Waals surface area contributed by atoms with Gasteiger partial charge >= 0.3 is 6.03 Å². The maximum Gasteiger partial charge on any atom is 0.325 e. The van der Waals surface area contributed by atoms with Gasteiger partial charge in [-0.25, -0.2) is 9.18 Å². The quantitative estimate of drug-likeness (QED) is 0.686. The number of hydrogen-bond donors (Lipinski definition) is 2. The third-order valence-electron chi connectivity index (χ3n) is 5.61. The Kier molecular flexibility index (Phi) is 6.20. The predicted molar refractivity (Wildman–Crippen MR) is 111 cm³/mol. The van der Waals surface area contributed by atoms with Gasteiger partial charge < -0.3 is 10.6 Å². The van der Waals surface area contributed by atoms with Gasteiger partial charge in [0.2, 0.25) is 5.91 Å². The van der Waals surface area contributed by atoms with Crippen LogP contribution in [0.25, 0.3) is 0 Å². The molecule has 1 aliphatic heterocycles. The summed E-state index contributed by atoms with van der Waals surface area (Å²) in [5.74, 6) is -1.38. The lowest BCUT2D eigenvalue weighted by atomic mass is 9.87. The minimum Gasteiger partial charge on any atom is -0.348 e. The SMILES string of the molecule is CCc1ccc(C(C)NC(=O)CN2C(=O)NC(CC)(c3ccc(F)cc3)C2=O)cc1. The van der Waals surface area contributed by atoms with E-state index in [4.69, 9.17) is 0 Å². The van der Waals surface area contributed by atoms with E-state index in [0.29, 0.717) is 5.56 Å². The molecule has 0 saturated carbocycles. The van der Waals surface area contributed by atoms with E-state index < -0.39 is 29.2 Å². The molecular formula is C23H26FN3O3. The van der Waals surface area contributed by atoms with Gasteiger partial charge in [0.25, 0.3) is 5.91 Å². The maximum atomic E-state index is 13.3. The third-order valence-corrected chi connectivity index (χ3v) is 5.61. The van der Waals surface area contributed by atoms with Crippen LogP contribution in [-0.4, -0.2) is 29.3 Å². The van der Waals surface area contributed by atoms with Gasteiger partial charge in [-0.2, -0.15) is 0 Å². The Morgan fingerprint density at radius 1 is 1.10 bits per heavy atom. The molecule has 3 rings (SSSR count). The molecule has 1 heterocycles. The summed E-state index contributed by atoms with van der Waals surface area (Å²) in [5, 5.41) is 5.52. The molecule has 0 aromatic heterocycles. The highest BCUT2D eigenvalue weighted by atomic mass is 19.1. The van der Waals surface area contributed by atoms with E-state index in [1.165, 1.54) is 29.8 Å². The van der Waals surface area contributed by atoms with Gasteiger partial charge in [-0.3, -0.25) is 14.5 Å². The Hall–Kier alpha value is -3.22. The first-order valence-electron chi connectivity index (χ1n) is 10.1. The maximum absolute atomic E-state index is 13.3. The number of nitrogens with zero attached hydrogens (tertiary/aromatic N) is 1. The second-order valence-corrected chi connectivity index (χ2v) is 7.47. The summed E-state index contributed by atoms with van der Waals surface area (Å²) >= 11 is 0. The second-order valence-electron chi connectivity index (χ2n) is 7.47. The molecule has 0 spiro atoms. The number of aryl methyl sites for hydroxylation is 1. The van der Waals surface area contributed by atoms with Crippen molar-refractivity contribution in [2.75, 3.05) is 6.54 Å². The highest BCUT2D eigenvalue weighted by molar-refractivity contribution is 6.09. The van der Waals surface area contributed by atoms with E-state index in [9.17, 15) is 18.8 Å². The van der Waals surface area contributed by atoms with Crippen molar-refractivity contribution in [1.29, 1.82) is 0 Å². The number of nitrogens with one attached hydrogen (secondary N) is 2. The van der Waals surface area contributed by atoms with Crippen molar-refractivity contribution in [3.8, 4) is 0 Å². The number of carbonyl (C=O) groups excluding carboxylic acids is 3. The monoisotopic (exact) mass is 411 g/mol. The van der Waals surface area contributed by atoms with Crippen LogP contribution in [0.3, 0.4) is 0 Å². The van der Waals surface area contributed by atoms with Crippen molar-refractivity contribution in [3.05, 3.63) is 71.0 Å². The average Bonchev–Trinajstić information content (AvgIpc) is 2.99. The van der Waals surface area contributed by atoms with Gasteiger partial charge in [-0.1, -0.05) is 50.2 Å². The van der Waals surface area contributed by atoms with Crippen LogP contribution in [0.4, 0.5) is 9.18 Å². The molecule has 2 N–H and O–H groups in total. The molecule has 1 aliphatic rings. The van der Waals surface area contributed by atoms with Crippen LogP contribution >= 0.6 is 0 Å². The first-order chi connectivity index (χ1) is 14.3. The average molecular weight is 411 g/mol. The fourth-order valence-corrected chi connectivity index (χ4v) is 3.70. The molecule has 158 valence electrons. The predicted octanol–water partition coefficient (Wildman–Crippen LogP) is 3.42. The molecule has 0 aliphatic carbocycles. The van der Waals surface area contributed by atoms with Gasteiger partial charge in [0, 0.05) is 0 Å². The molecule has 0 bridgehead atoms. The van der Waals surface area contributed by atoms with Crippen LogP contribution in [0.5, 0.6) is 0 Å². The third kappa shape index (κ3) is 4.06. The van der Waals surface area contributed by atoms with Gasteiger partial charge in [0.1, 0.15) is 17.9 Å². The van der Waals surface area contributed by atoms with Crippen LogP contribution in [0.1, 0.15) is 49.9 Å². The van der Waals surface area contributed by atoms with E-state index >= 15 is 0 Å². The van der Waals surface area contributed by atoms with Crippen molar-refractivity contribution in [2.45, 2.75) is 45.2 Å². The lowest BCUT2D eigenvalue weighted by Gasteiger charge is -2.25. The van der Waals surface area contributed by atoms with Crippen molar-refractivity contribution in [3.63, 3.8) is 0 Å². The largest absolute Gasteiger partial charge is 0.348 e. The molecule has 1 fully saturated rings. The number of carbonyl (C=O) groups is 3. The summed E-state index contributed by atoms with van der Waals surface area (Å²) in [5.41, 5.74) is 1.32. The zero-order chi connectivity index (χ0) is 21.9. The number of amides is 4. The number of halogens is 1. The molecule has 2 atom stereocenters. The van der Waals surface area contributed by atoms with Crippen LogP contribution < -0.4 is 10.6 Å². The molecule has 1 saturated heterocycles. The normalized spacial score (nSPS) is 19.5. The molecule has 4 amide bonds. The topological polar surface area (TPSA) is 78.5 Å². The van der Waals surface area contributed by atoms with Crippen LogP contribution in [0.2, 0.25) is 0 Å². The van der Waals surface area contributed by atoms with Crippen molar-refractivity contribution < 1.29 is 18.8 Å². The molecular weight excluding hydrogens is 385 g/mol. The molecule has 30 heavy (non-hydrogen) atoms. The summed E-state index contributed by atoms with van der Waals surface area (Å²) in [7, 11) is 0. The number of rotatable bonds is 7. The van der Waals surface area contributed by atoms with Gasteiger partial charge in [-0.05, 0) is 48.6 Å². The minimum atomic E-state index is -1.30. The van der Waals surface area contributed by atoms with Gasteiger partial charge in [-0.15, -0.1) is 0 Å². The lowest BCUT2D eigenvalue weighted by Crippen LogP contribution is -2.45. The van der Waals surface area contributed by atoms with Crippen LogP contribution in [0.15, 0.2) is 48.5 Å². The molecule has 2 unspecified atom stereocenters. The molecule has 0 radical (unpaired) electrons. The van der Waals surface area contributed by atoms with E-state index in [2.05, 4.69) is 17.6 Å². The Morgan fingerprint density at radius 2 is 1.73 bits per heavy atom. The van der Waals surface area contributed by atoms with Crippen LogP contribution in [-0.2, 0) is 21.5 Å². The first-order valence-corrected chi connectivity index (χ1v) is 10.1. The standard InChI is InChI=1S/C23H26FN3O3/c1-4-16-6-8-17(9-7-16)15(3)25-20(28)14-27-21(29)23(5-2,26-22(27)30)18-10-12-19(24)13-11-18/h6-13,15H,4-5,14H2,1-3H3,(H,25,28)(H,26,30). The van der Waals surface area contributed by atoms with Crippen molar-refractivity contribution in [2.24, 2.45) is 0 Å². The lowest BCUT2D eigenvalue weighted by molar-refractivity contribution is -0.135. The number of imide groups is 1. The number of benzene rings is 2. The Balaban J connectivity index is 1.71. The van der Waals surface area contributed by atoms with Crippen molar-refractivity contribution in [1.82, 2.24) is 15.5 Å². The Labute approximate surface area is 175 Å². The fraction of sp³-hybridized carbons (Fsp3) is 0.348. The molecule has 2 aromatic carbocycles. The summed E-state index contributed by atoms with van der Waals surface area (Å²) in [6.45, 7) is 5.29. The highest BCUT2D eigenvalue weighted by Gasteiger charge is 2.51. The van der Waals surface area contributed by atoms with Gasteiger partial charge in [0.05, 0.1) is 6.04 Å². The van der Waals surface area contributed by atoms with E-state index in [0.717, 1.165) is 16.9 Å². The summed E-state index contributed by atoms with van der Waals surface area (Å²) in [6.07, 6.45) is 1.21. The van der Waals surface area contributed by atoms with Crippen molar-refractivity contribution >= 4 is 17.8 Å². The summed E-state index contributed by atoms with van der Waals surface area (Å²) in [6, 6.07) is 12.5. The van der Waals surface area contributed by atoms with E-state index in [1.54, 1.807) is 6.92 Å². The second kappa shape index (κ2) is 8.65.